The fraction of sp³-hybridized carbons (Fsp3) is 0.750. The van der Waals surface area contributed by atoms with Crippen molar-refractivity contribution in [2.45, 2.75) is 64.7 Å². The van der Waals surface area contributed by atoms with Crippen LogP contribution in [0.5, 0.6) is 0 Å². The van der Waals surface area contributed by atoms with Crippen LogP contribution in [0, 0.1) is 5.92 Å². The summed E-state index contributed by atoms with van der Waals surface area (Å²) >= 11 is 1.87. The molecule has 0 spiro atoms. The standard InChI is InChI=1S/C16H29NS/c1-2-3-4-5-6-7-9-15(14-17)11-12-16-10-8-13-18-16/h8,10,13,15H,2-7,9,11-12,14,17H2,1H3. The van der Waals surface area contributed by atoms with E-state index in [9.17, 15) is 0 Å². The molecule has 104 valence electrons. The molecule has 18 heavy (non-hydrogen) atoms. The lowest BCUT2D eigenvalue weighted by molar-refractivity contribution is 0.433. The van der Waals surface area contributed by atoms with Gasteiger partial charge in [-0.05, 0) is 43.2 Å². The Kier molecular flexibility index (Phi) is 9.23. The van der Waals surface area contributed by atoms with Crippen molar-refractivity contribution >= 4 is 11.3 Å². The second kappa shape index (κ2) is 10.6. The molecule has 0 bridgehead atoms. The Labute approximate surface area is 117 Å². The molecule has 0 fully saturated rings. The van der Waals surface area contributed by atoms with Gasteiger partial charge in [0.05, 0.1) is 0 Å². The van der Waals surface area contributed by atoms with E-state index in [4.69, 9.17) is 5.73 Å². The third-order valence-corrected chi connectivity index (χ3v) is 4.61. The topological polar surface area (TPSA) is 26.0 Å². The van der Waals surface area contributed by atoms with Gasteiger partial charge in [0.1, 0.15) is 0 Å². The van der Waals surface area contributed by atoms with Gasteiger partial charge >= 0.3 is 0 Å². The summed E-state index contributed by atoms with van der Waals surface area (Å²) in [5, 5.41) is 2.17. The first-order valence-corrected chi connectivity index (χ1v) is 8.47. The zero-order valence-corrected chi connectivity index (χ0v) is 12.7. The van der Waals surface area contributed by atoms with Crippen molar-refractivity contribution < 1.29 is 0 Å². The molecular weight excluding hydrogens is 238 g/mol. The Hall–Kier alpha value is -0.340. The maximum absolute atomic E-state index is 5.88. The van der Waals surface area contributed by atoms with Gasteiger partial charge in [0, 0.05) is 4.88 Å². The summed E-state index contributed by atoms with van der Waals surface area (Å²) in [5.74, 6) is 0.735. The molecule has 2 heteroatoms. The van der Waals surface area contributed by atoms with E-state index in [2.05, 4.69) is 24.4 Å². The molecule has 1 atom stereocenters. The molecule has 0 saturated heterocycles. The molecule has 0 aliphatic heterocycles. The summed E-state index contributed by atoms with van der Waals surface area (Å²) < 4.78 is 0. The molecule has 0 aliphatic carbocycles. The van der Waals surface area contributed by atoms with Crippen LogP contribution in [0.4, 0.5) is 0 Å². The lowest BCUT2D eigenvalue weighted by Crippen LogP contribution is -2.15. The normalized spacial score (nSPS) is 12.8. The van der Waals surface area contributed by atoms with E-state index in [-0.39, 0.29) is 0 Å². The average molecular weight is 267 g/mol. The van der Waals surface area contributed by atoms with E-state index in [0.717, 1.165) is 12.5 Å². The van der Waals surface area contributed by atoms with Crippen molar-refractivity contribution in [1.82, 2.24) is 0 Å². The predicted molar refractivity (Wildman–Crippen MR) is 83.2 cm³/mol. The van der Waals surface area contributed by atoms with Gasteiger partial charge in [-0.15, -0.1) is 11.3 Å². The Morgan fingerprint density at radius 1 is 1.11 bits per heavy atom. The molecular formula is C16H29NS. The lowest BCUT2D eigenvalue weighted by atomic mass is 9.95. The highest BCUT2D eigenvalue weighted by atomic mass is 32.1. The van der Waals surface area contributed by atoms with Crippen molar-refractivity contribution in [3.8, 4) is 0 Å². The first kappa shape index (κ1) is 15.7. The lowest BCUT2D eigenvalue weighted by Gasteiger charge is -2.13. The minimum atomic E-state index is 0.735. The molecule has 1 aromatic rings. The molecule has 0 saturated carbocycles. The zero-order chi connectivity index (χ0) is 13.1. The number of nitrogens with two attached hydrogens (primary N) is 1. The van der Waals surface area contributed by atoms with E-state index >= 15 is 0 Å². The van der Waals surface area contributed by atoms with Crippen molar-refractivity contribution in [1.29, 1.82) is 0 Å². The molecule has 0 aliphatic rings. The maximum Gasteiger partial charge on any atom is 0.00453 e. The second-order valence-corrected chi connectivity index (χ2v) is 6.31. The highest BCUT2D eigenvalue weighted by molar-refractivity contribution is 7.09. The van der Waals surface area contributed by atoms with Gasteiger partial charge in [0.2, 0.25) is 0 Å². The summed E-state index contributed by atoms with van der Waals surface area (Å²) in [6.45, 7) is 3.13. The molecule has 1 heterocycles. The minimum absolute atomic E-state index is 0.735. The predicted octanol–water partition coefficient (Wildman–Crippen LogP) is 5.01. The van der Waals surface area contributed by atoms with Gasteiger partial charge in [-0.3, -0.25) is 0 Å². The number of hydrogen-bond donors (Lipinski definition) is 1. The quantitative estimate of drug-likeness (QED) is 0.561. The molecule has 1 unspecified atom stereocenters. The fourth-order valence-electron chi connectivity index (χ4n) is 2.39. The molecule has 1 nitrogen and oxygen atoms in total. The van der Waals surface area contributed by atoms with Gasteiger partial charge < -0.3 is 5.73 Å². The average Bonchev–Trinajstić information content (AvgIpc) is 2.90. The molecule has 1 aromatic heterocycles. The first-order chi connectivity index (χ1) is 8.86. The highest BCUT2D eigenvalue weighted by Crippen LogP contribution is 2.19. The molecule has 0 amide bonds. The smallest absolute Gasteiger partial charge is 0.00453 e. The van der Waals surface area contributed by atoms with Crippen molar-refractivity contribution in [3.63, 3.8) is 0 Å². The SMILES string of the molecule is CCCCCCCCC(CN)CCc1cccs1. The van der Waals surface area contributed by atoms with E-state index < -0.39 is 0 Å². The van der Waals surface area contributed by atoms with E-state index in [1.165, 1.54) is 62.7 Å². The highest BCUT2D eigenvalue weighted by Gasteiger charge is 2.07. The Balaban J connectivity index is 2.02. The van der Waals surface area contributed by atoms with Crippen LogP contribution in [0.2, 0.25) is 0 Å². The Morgan fingerprint density at radius 2 is 1.89 bits per heavy atom. The van der Waals surface area contributed by atoms with Gasteiger partial charge in [0.15, 0.2) is 0 Å². The monoisotopic (exact) mass is 267 g/mol. The molecule has 2 N–H and O–H groups in total. The van der Waals surface area contributed by atoms with Crippen molar-refractivity contribution in [3.05, 3.63) is 22.4 Å². The van der Waals surface area contributed by atoms with Crippen LogP contribution >= 0.6 is 11.3 Å². The van der Waals surface area contributed by atoms with Crippen LogP contribution in [-0.2, 0) is 6.42 Å². The second-order valence-electron chi connectivity index (χ2n) is 5.28. The summed E-state index contributed by atoms with van der Waals surface area (Å²) in [4.78, 5) is 1.51. The number of unbranched alkanes of at least 4 members (excludes halogenated alkanes) is 5. The molecule has 0 radical (unpaired) electrons. The van der Waals surface area contributed by atoms with Gasteiger partial charge in [-0.1, -0.05) is 51.5 Å². The number of hydrogen-bond acceptors (Lipinski definition) is 2. The number of thiophene rings is 1. The minimum Gasteiger partial charge on any atom is -0.330 e. The third kappa shape index (κ3) is 7.17. The molecule has 1 rings (SSSR count). The fourth-order valence-corrected chi connectivity index (χ4v) is 3.12. The van der Waals surface area contributed by atoms with E-state index in [0.29, 0.717) is 0 Å². The largest absolute Gasteiger partial charge is 0.330 e. The van der Waals surface area contributed by atoms with Gasteiger partial charge in [0.25, 0.3) is 0 Å². The number of rotatable bonds is 11. The Morgan fingerprint density at radius 3 is 2.56 bits per heavy atom. The summed E-state index contributed by atoms with van der Waals surface area (Å²) in [7, 11) is 0. The third-order valence-electron chi connectivity index (χ3n) is 3.68. The van der Waals surface area contributed by atoms with Crippen LogP contribution in [-0.4, -0.2) is 6.54 Å². The van der Waals surface area contributed by atoms with E-state index in [1.807, 2.05) is 11.3 Å². The number of aryl methyl sites for hydroxylation is 1. The van der Waals surface area contributed by atoms with Crippen LogP contribution in [0.15, 0.2) is 17.5 Å². The van der Waals surface area contributed by atoms with Crippen LogP contribution in [0.1, 0.15) is 63.2 Å². The first-order valence-electron chi connectivity index (χ1n) is 7.59. The van der Waals surface area contributed by atoms with Gasteiger partial charge in [-0.2, -0.15) is 0 Å². The maximum atomic E-state index is 5.88. The van der Waals surface area contributed by atoms with Crippen LogP contribution < -0.4 is 5.73 Å². The summed E-state index contributed by atoms with van der Waals surface area (Å²) in [5.41, 5.74) is 5.88. The summed E-state index contributed by atoms with van der Waals surface area (Å²) in [6.07, 6.45) is 12.2. The van der Waals surface area contributed by atoms with Crippen molar-refractivity contribution in [2.75, 3.05) is 6.54 Å². The zero-order valence-electron chi connectivity index (χ0n) is 11.9. The van der Waals surface area contributed by atoms with E-state index in [1.54, 1.807) is 0 Å². The molecule has 0 aromatic carbocycles. The Bertz CT molecular complexity index is 269. The van der Waals surface area contributed by atoms with Crippen LogP contribution in [0.25, 0.3) is 0 Å². The van der Waals surface area contributed by atoms with Crippen molar-refractivity contribution in [2.24, 2.45) is 11.7 Å². The summed E-state index contributed by atoms with van der Waals surface area (Å²) in [6, 6.07) is 4.38. The van der Waals surface area contributed by atoms with Crippen LogP contribution in [0.3, 0.4) is 0 Å². The van der Waals surface area contributed by atoms with Gasteiger partial charge in [-0.25, -0.2) is 0 Å².